The van der Waals surface area contributed by atoms with Crippen LogP contribution in [0, 0.1) is 12.8 Å². The monoisotopic (exact) mass is 338 g/mol. The first-order valence-electron chi connectivity index (χ1n) is 6.88. The summed E-state index contributed by atoms with van der Waals surface area (Å²) in [5.74, 6) is -5.71. The smallest absolute Gasteiger partial charge is 0.418 e. The molecule has 0 aromatic carbocycles. The minimum absolute atomic E-state index is 0.171. The second kappa shape index (κ2) is 5.61. The Morgan fingerprint density at radius 2 is 2.04 bits per heavy atom. The van der Waals surface area contributed by atoms with Crippen LogP contribution in [0.4, 0.5) is 27.8 Å². The SMILES string of the molecule is Cc1c(C(F)(F)F)cnc(N2CCC(F)(F)[C@H](C)C2)c1C(=O)O. The standard InChI is InChI=1S/C14H15F5N2O2/c1-7-6-21(4-3-13(7,15)16)11-10(12(22)23)8(2)9(5-20-11)14(17,18)19/h5,7H,3-4,6H2,1-2H3,(H,22,23)/t7-/m1/s1. The molecule has 0 bridgehead atoms. The van der Waals surface area contributed by atoms with Gasteiger partial charge in [-0.05, 0) is 12.5 Å². The molecule has 1 aromatic rings. The van der Waals surface area contributed by atoms with Crippen molar-refractivity contribution in [3.63, 3.8) is 0 Å². The van der Waals surface area contributed by atoms with E-state index in [1.807, 2.05) is 0 Å². The van der Waals surface area contributed by atoms with Gasteiger partial charge in [0.25, 0.3) is 5.92 Å². The first-order valence-corrected chi connectivity index (χ1v) is 6.88. The molecule has 1 aromatic heterocycles. The summed E-state index contributed by atoms with van der Waals surface area (Å²) < 4.78 is 65.7. The van der Waals surface area contributed by atoms with Gasteiger partial charge in [0, 0.05) is 31.6 Å². The van der Waals surface area contributed by atoms with E-state index < -0.39 is 47.1 Å². The molecule has 0 unspecified atom stereocenters. The fraction of sp³-hybridized carbons (Fsp3) is 0.571. The molecule has 0 radical (unpaired) electrons. The molecule has 0 spiro atoms. The van der Waals surface area contributed by atoms with E-state index in [2.05, 4.69) is 4.98 Å². The second-order valence-electron chi connectivity index (χ2n) is 5.66. The number of nitrogens with zero attached hydrogens (tertiary/aromatic N) is 2. The number of pyridine rings is 1. The molecular weight excluding hydrogens is 323 g/mol. The first-order chi connectivity index (χ1) is 10.4. The van der Waals surface area contributed by atoms with Crippen molar-refractivity contribution in [2.24, 2.45) is 5.92 Å². The van der Waals surface area contributed by atoms with Gasteiger partial charge in [0.15, 0.2) is 0 Å². The molecule has 1 aliphatic rings. The highest BCUT2D eigenvalue weighted by molar-refractivity contribution is 5.95. The van der Waals surface area contributed by atoms with Crippen molar-refractivity contribution in [3.05, 3.63) is 22.9 Å². The Kier molecular flexibility index (Phi) is 4.25. The molecule has 9 heteroatoms. The third kappa shape index (κ3) is 3.23. The fourth-order valence-corrected chi connectivity index (χ4v) is 2.65. The Morgan fingerprint density at radius 1 is 1.43 bits per heavy atom. The number of alkyl halides is 5. The molecule has 2 heterocycles. The third-order valence-corrected chi connectivity index (χ3v) is 4.07. The van der Waals surface area contributed by atoms with Gasteiger partial charge >= 0.3 is 12.1 Å². The van der Waals surface area contributed by atoms with E-state index in [4.69, 9.17) is 0 Å². The van der Waals surface area contributed by atoms with Crippen molar-refractivity contribution in [2.45, 2.75) is 32.4 Å². The highest BCUT2D eigenvalue weighted by Gasteiger charge is 2.43. The second-order valence-corrected chi connectivity index (χ2v) is 5.66. The van der Waals surface area contributed by atoms with Crippen molar-refractivity contribution in [1.82, 2.24) is 4.98 Å². The number of carboxylic acid groups (broad SMARTS) is 1. The quantitative estimate of drug-likeness (QED) is 0.838. The number of anilines is 1. The summed E-state index contributed by atoms with van der Waals surface area (Å²) in [7, 11) is 0. The molecule has 1 fully saturated rings. The van der Waals surface area contributed by atoms with Crippen LogP contribution in [0.2, 0.25) is 0 Å². The zero-order chi connectivity index (χ0) is 17.6. The third-order valence-electron chi connectivity index (χ3n) is 4.07. The van der Waals surface area contributed by atoms with Crippen LogP contribution in [0.15, 0.2) is 6.20 Å². The van der Waals surface area contributed by atoms with Crippen molar-refractivity contribution in [3.8, 4) is 0 Å². The molecule has 4 nitrogen and oxygen atoms in total. The summed E-state index contributed by atoms with van der Waals surface area (Å²) in [6, 6.07) is 0. The number of carbonyl (C=O) groups is 1. The summed E-state index contributed by atoms with van der Waals surface area (Å²) in [6.07, 6.45) is -4.69. The largest absolute Gasteiger partial charge is 0.478 e. The van der Waals surface area contributed by atoms with E-state index in [0.717, 1.165) is 6.92 Å². The molecule has 1 N–H and O–H groups in total. The van der Waals surface area contributed by atoms with Crippen LogP contribution < -0.4 is 4.90 Å². The zero-order valence-corrected chi connectivity index (χ0v) is 12.4. The average molecular weight is 338 g/mol. The minimum Gasteiger partial charge on any atom is -0.478 e. The lowest BCUT2D eigenvalue weighted by atomic mass is 9.94. The van der Waals surface area contributed by atoms with Crippen LogP contribution >= 0.6 is 0 Å². The van der Waals surface area contributed by atoms with E-state index in [-0.39, 0.29) is 18.9 Å². The Labute approximate surface area is 128 Å². The van der Waals surface area contributed by atoms with E-state index in [0.29, 0.717) is 6.20 Å². The van der Waals surface area contributed by atoms with Crippen LogP contribution in [-0.4, -0.2) is 35.1 Å². The number of aromatic nitrogens is 1. The summed E-state index contributed by atoms with van der Waals surface area (Å²) in [5, 5.41) is 9.25. The number of hydrogen-bond acceptors (Lipinski definition) is 3. The van der Waals surface area contributed by atoms with E-state index in [9.17, 15) is 31.9 Å². The lowest BCUT2D eigenvalue weighted by molar-refractivity contribution is -0.138. The van der Waals surface area contributed by atoms with Gasteiger partial charge in [0.05, 0.1) is 5.56 Å². The van der Waals surface area contributed by atoms with Gasteiger partial charge in [0.1, 0.15) is 11.4 Å². The normalized spacial score (nSPS) is 21.3. The van der Waals surface area contributed by atoms with Crippen LogP contribution in [0.25, 0.3) is 0 Å². The van der Waals surface area contributed by atoms with Crippen molar-refractivity contribution < 1.29 is 31.9 Å². The Hall–Kier alpha value is -1.93. The fourth-order valence-electron chi connectivity index (χ4n) is 2.65. The highest BCUT2D eigenvalue weighted by Crippen LogP contribution is 2.38. The minimum atomic E-state index is -4.73. The predicted molar refractivity (Wildman–Crippen MR) is 71.9 cm³/mol. The predicted octanol–water partition coefficient (Wildman–Crippen LogP) is 3.59. The van der Waals surface area contributed by atoms with Gasteiger partial charge in [-0.25, -0.2) is 18.6 Å². The number of rotatable bonds is 2. The van der Waals surface area contributed by atoms with Gasteiger partial charge in [-0.2, -0.15) is 13.2 Å². The van der Waals surface area contributed by atoms with Crippen LogP contribution in [-0.2, 0) is 6.18 Å². The number of carboxylic acids is 1. The molecule has 1 aliphatic heterocycles. The maximum absolute atomic E-state index is 13.5. The highest BCUT2D eigenvalue weighted by atomic mass is 19.4. The Balaban J connectivity index is 2.48. The van der Waals surface area contributed by atoms with Gasteiger partial charge in [0.2, 0.25) is 0 Å². The van der Waals surface area contributed by atoms with Crippen molar-refractivity contribution in [1.29, 1.82) is 0 Å². The molecule has 1 saturated heterocycles. The number of halogens is 5. The molecule has 23 heavy (non-hydrogen) atoms. The summed E-state index contributed by atoms with van der Waals surface area (Å²) in [5.41, 5.74) is -2.22. The molecule has 0 saturated carbocycles. The number of hydrogen-bond donors (Lipinski definition) is 1. The van der Waals surface area contributed by atoms with Crippen molar-refractivity contribution >= 4 is 11.8 Å². The molecule has 2 rings (SSSR count). The zero-order valence-electron chi connectivity index (χ0n) is 12.4. The van der Waals surface area contributed by atoms with Gasteiger partial charge in [-0.15, -0.1) is 0 Å². The number of piperidine rings is 1. The van der Waals surface area contributed by atoms with Gasteiger partial charge in [-0.3, -0.25) is 0 Å². The summed E-state index contributed by atoms with van der Waals surface area (Å²) >= 11 is 0. The summed E-state index contributed by atoms with van der Waals surface area (Å²) in [6.45, 7) is 2.00. The van der Waals surface area contributed by atoms with Crippen molar-refractivity contribution in [2.75, 3.05) is 18.0 Å². The van der Waals surface area contributed by atoms with E-state index >= 15 is 0 Å². The molecule has 0 amide bonds. The Morgan fingerprint density at radius 3 is 2.52 bits per heavy atom. The van der Waals surface area contributed by atoms with E-state index in [1.54, 1.807) is 0 Å². The topological polar surface area (TPSA) is 53.4 Å². The molecule has 1 atom stereocenters. The van der Waals surface area contributed by atoms with E-state index in [1.165, 1.54) is 11.8 Å². The Bertz CT molecular complexity index is 630. The number of aromatic carboxylic acids is 1. The summed E-state index contributed by atoms with van der Waals surface area (Å²) in [4.78, 5) is 16.3. The molecule has 0 aliphatic carbocycles. The van der Waals surface area contributed by atoms with Gasteiger partial charge in [-0.1, -0.05) is 6.92 Å². The lowest BCUT2D eigenvalue weighted by Crippen LogP contribution is -2.46. The lowest BCUT2D eigenvalue weighted by Gasteiger charge is -2.38. The molecular formula is C14H15F5N2O2. The van der Waals surface area contributed by atoms with Crippen LogP contribution in [0.5, 0.6) is 0 Å². The van der Waals surface area contributed by atoms with Crippen LogP contribution in [0.3, 0.4) is 0 Å². The maximum atomic E-state index is 13.5. The molecule has 128 valence electrons. The van der Waals surface area contributed by atoms with Crippen LogP contribution in [0.1, 0.15) is 34.8 Å². The first kappa shape index (κ1) is 17.4. The van der Waals surface area contributed by atoms with Gasteiger partial charge < -0.3 is 10.0 Å². The average Bonchev–Trinajstić information content (AvgIpc) is 2.39. The maximum Gasteiger partial charge on any atom is 0.418 e.